The van der Waals surface area contributed by atoms with E-state index in [1.807, 2.05) is 12.4 Å². The third-order valence-corrected chi connectivity index (χ3v) is 8.87. The molecular formula is C28H32N2O13. The Hall–Kier alpha value is -4.21. The molecule has 1 aromatic carbocycles. The number of ether oxygens (including phenoxy) is 3. The highest BCUT2D eigenvalue weighted by Crippen LogP contribution is 2.65. The van der Waals surface area contributed by atoms with Crippen molar-refractivity contribution < 1.29 is 63.7 Å². The summed E-state index contributed by atoms with van der Waals surface area (Å²) in [5.74, 6) is -6.48. The van der Waals surface area contributed by atoms with Crippen LogP contribution in [-0.2, 0) is 45.3 Å². The van der Waals surface area contributed by atoms with Gasteiger partial charge in [-0.25, -0.2) is 9.59 Å². The predicted molar refractivity (Wildman–Crippen MR) is 141 cm³/mol. The summed E-state index contributed by atoms with van der Waals surface area (Å²) in [7, 11) is 1.92. The molecular weight excluding hydrogens is 572 g/mol. The van der Waals surface area contributed by atoms with Crippen LogP contribution in [0.3, 0.4) is 0 Å². The number of rotatable bonds is 10. The molecule has 0 unspecified atom stereocenters. The number of nitrogens with zero attached hydrogens (tertiary/aromatic N) is 1. The number of carboxylic acids is 2. The minimum absolute atomic E-state index is 0.0136. The van der Waals surface area contributed by atoms with Crippen LogP contribution in [-0.4, -0.2) is 110 Å². The van der Waals surface area contributed by atoms with Crippen LogP contribution in [0.25, 0.3) is 0 Å². The van der Waals surface area contributed by atoms with Gasteiger partial charge in [0.05, 0.1) is 23.9 Å². The molecule has 1 saturated heterocycles. The minimum Gasteiger partial charge on any atom is -0.504 e. The van der Waals surface area contributed by atoms with E-state index in [0.717, 1.165) is 12.5 Å². The number of aromatic hydroxyl groups is 1. The van der Waals surface area contributed by atoms with Gasteiger partial charge in [0.2, 0.25) is 0 Å². The van der Waals surface area contributed by atoms with Crippen LogP contribution in [0.5, 0.6) is 11.5 Å². The second-order valence-corrected chi connectivity index (χ2v) is 11.4. The lowest BCUT2D eigenvalue weighted by Crippen LogP contribution is -2.74. The number of piperidine rings is 1. The average molecular weight is 605 g/mol. The second kappa shape index (κ2) is 10.8. The first kappa shape index (κ1) is 30.3. The van der Waals surface area contributed by atoms with Gasteiger partial charge in [0.25, 0.3) is 5.91 Å². The van der Waals surface area contributed by atoms with Crippen LogP contribution in [0.15, 0.2) is 24.0 Å². The fourth-order valence-electron chi connectivity index (χ4n) is 6.83. The lowest BCUT2D eigenvalue weighted by atomic mass is 9.50. The van der Waals surface area contributed by atoms with Crippen molar-refractivity contribution >= 4 is 29.8 Å². The number of hydrogen-bond donors (Lipinski definition) is 6. The summed E-state index contributed by atoms with van der Waals surface area (Å²) in [5.41, 5.74) is -0.744. The molecule has 0 saturated carbocycles. The van der Waals surface area contributed by atoms with E-state index in [2.05, 4.69) is 4.90 Å². The quantitative estimate of drug-likeness (QED) is 0.175. The first-order chi connectivity index (χ1) is 20.2. The first-order valence-electron chi connectivity index (χ1n) is 13.7. The number of carbonyl (C=O) groups excluding carboxylic acids is 3. The van der Waals surface area contributed by atoms with E-state index in [1.165, 1.54) is 12.1 Å². The molecule has 5 rings (SSSR count). The molecule has 2 aliphatic heterocycles. The van der Waals surface area contributed by atoms with Gasteiger partial charge in [-0.3, -0.25) is 14.4 Å². The number of hydrogen-bond acceptors (Lipinski definition) is 12. The van der Waals surface area contributed by atoms with Crippen molar-refractivity contribution in [3.63, 3.8) is 0 Å². The monoisotopic (exact) mass is 604 g/mol. The summed E-state index contributed by atoms with van der Waals surface area (Å²) in [5, 5.41) is 52.9. The van der Waals surface area contributed by atoms with Crippen molar-refractivity contribution in [2.75, 3.05) is 13.6 Å². The van der Waals surface area contributed by atoms with Crippen LogP contribution < -0.4 is 10.1 Å². The number of nitrogens with one attached hydrogen (secondary N) is 1. The van der Waals surface area contributed by atoms with Gasteiger partial charge >= 0.3 is 23.9 Å². The van der Waals surface area contributed by atoms with Gasteiger partial charge in [-0.15, -0.1) is 0 Å². The number of aliphatic carboxylic acids is 2. The number of phenolic OH excluding ortho intramolecular Hbond substituents is 1. The molecule has 4 aliphatic rings. The van der Waals surface area contributed by atoms with E-state index < -0.39 is 78.0 Å². The topological polar surface area (TPSA) is 229 Å². The van der Waals surface area contributed by atoms with Crippen molar-refractivity contribution in [3.05, 3.63) is 35.1 Å². The van der Waals surface area contributed by atoms with E-state index in [0.29, 0.717) is 24.9 Å². The van der Waals surface area contributed by atoms with Crippen LogP contribution in [0.4, 0.5) is 0 Å². The molecule has 1 amide bonds. The third kappa shape index (κ3) is 4.86. The van der Waals surface area contributed by atoms with Crippen molar-refractivity contribution in [1.82, 2.24) is 10.2 Å². The highest BCUT2D eigenvalue weighted by atomic mass is 16.6. The Morgan fingerprint density at radius 3 is 2.58 bits per heavy atom. The lowest BCUT2D eigenvalue weighted by Gasteiger charge is -2.61. The Balaban J connectivity index is 1.26. The number of phenols is 1. The van der Waals surface area contributed by atoms with E-state index >= 15 is 0 Å². The Morgan fingerprint density at radius 2 is 1.91 bits per heavy atom. The number of aliphatic hydroxyl groups excluding tert-OH is 1. The maximum atomic E-state index is 12.9. The first-order valence-corrected chi connectivity index (χ1v) is 13.7. The summed E-state index contributed by atoms with van der Waals surface area (Å²) in [6, 6.07) is 1.28. The molecule has 2 bridgehead atoms. The molecule has 15 nitrogen and oxygen atoms in total. The number of amides is 1. The van der Waals surface area contributed by atoms with Crippen molar-refractivity contribution in [3.8, 4) is 11.5 Å². The number of likely N-dealkylation sites (tertiary alicyclic amines) is 1. The molecule has 2 heterocycles. The van der Waals surface area contributed by atoms with Gasteiger partial charge in [-0.05, 0) is 51.1 Å². The zero-order valence-electron chi connectivity index (χ0n) is 23.3. The summed E-state index contributed by atoms with van der Waals surface area (Å²) in [6.07, 6.45) is -3.84. The van der Waals surface area contributed by atoms with Gasteiger partial charge in [-0.1, -0.05) is 6.07 Å². The summed E-state index contributed by atoms with van der Waals surface area (Å²) in [4.78, 5) is 61.5. The van der Waals surface area contributed by atoms with Gasteiger partial charge in [-0.2, -0.15) is 0 Å². The summed E-state index contributed by atoms with van der Waals surface area (Å²) >= 11 is 0. The molecule has 232 valence electrons. The SMILES string of the molecule is C[C@H](OC(=O)C[C@H](O)C(=O)OC1=CC[C@@]2(O)[C@@H]3Cc4ccc(O)c5c4[C@@]2(CCN3C)[C@H]1O5)C(=O)N[C@@H](CC(=O)O)C(=O)O. The number of carbonyl (C=O) groups is 5. The smallest absolute Gasteiger partial charge is 0.340 e. The summed E-state index contributed by atoms with van der Waals surface area (Å²) in [6.45, 7) is 1.70. The van der Waals surface area contributed by atoms with E-state index in [9.17, 15) is 39.3 Å². The van der Waals surface area contributed by atoms with E-state index in [1.54, 1.807) is 6.07 Å². The average Bonchev–Trinajstić information content (AvgIpc) is 3.29. The van der Waals surface area contributed by atoms with Gasteiger partial charge in [0.15, 0.2) is 29.8 Å². The molecule has 1 spiro atoms. The van der Waals surface area contributed by atoms with Crippen molar-refractivity contribution in [1.29, 1.82) is 0 Å². The maximum Gasteiger partial charge on any atom is 0.340 e. The minimum atomic E-state index is -2.02. The molecule has 7 atom stereocenters. The molecule has 6 N–H and O–H groups in total. The van der Waals surface area contributed by atoms with Crippen molar-refractivity contribution in [2.24, 2.45) is 0 Å². The standard InChI is InChI=1S/C28H32N2O13/c1-12(24(36)29-14(25(37)38)10-19(33)34)41-20(35)11-16(32)26(39)42-17-5-6-28(40)18-9-13-3-4-15(31)22-21(13)27(28,23(17)43-22)7-8-30(18)2/h3-5,12,14,16,18,23,31-32,40H,6-11H2,1-2H3,(H,29,36)(H,33,34)(H,37,38)/t12-,14-,16-,18-,23-,27-,28+/m0/s1. The zero-order chi connectivity index (χ0) is 31.4. The van der Waals surface area contributed by atoms with Gasteiger partial charge in [0.1, 0.15) is 11.8 Å². The number of benzene rings is 1. The number of aliphatic hydroxyl groups is 2. The number of esters is 2. The predicted octanol–water partition coefficient (Wildman–Crippen LogP) is -1.06. The molecule has 43 heavy (non-hydrogen) atoms. The lowest BCUT2D eigenvalue weighted by molar-refractivity contribution is -0.173. The molecule has 0 aromatic heterocycles. The fraction of sp³-hybridized carbons (Fsp3) is 0.536. The highest BCUT2D eigenvalue weighted by Gasteiger charge is 2.72. The molecule has 0 radical (unpaired) electrons. The second-order valence-electron chi connectivity index (χ2n) is 11.4. The summed E-state index contributed by atoms with van der Waals surface area (Å²) < 4.78 is 16.6. The number of carboxylic acid groups (broad SMARTS) is 2. The van der Waals surface area contributed by atoms with Gasteiger partial charge in [0, 0.05) is 18.0 Å². The Morgan fingerprint density at radius 1 is 1.19 bits per heavy atom. The third-order valence-electron chi connectivity index (χ3n) is 8.87. The van der Waals surface area contributed by atoms with E-state index in [4.69, 9.17) is 24.4 Å². The molecule has 1 aromatic rings. The highest BCUT2D eigenvalue weighted by molar-refractivity contribution is 5.90. The Labute approximate surface area is 244 Å². The normalized spacial score (nSPS) is 28.7. The van der Waals surface area contributed by atoms with Crippen molar-refractivity contribution in [2.45, 2.75) is 80.4 Å². The molecule has 2 aliphatic carbocycles. The number of likely N-dealkylation sites (N-methyl/N-ethyl adjacent to an activating group) is 1. The molecule has 15 heteroatoms. The van der Waals surface area contributed by atoms with Crippen LogP contribution in [0.1, 0.15) is 43.7 Å². The Bertz CT molecular complexity index is 1430. The zero-order valence-corrected chi connectivity index (χ0v) is 23.3. The van der Waals surface area contributed by atoms with Crippen LogP contribution in [0.2, 0.25) is 0 Å². The largest absolute Gasteiger partial charge is 0.504 e. The van der Waals surface area contributed by atoms with Crippen LogP contribution >= 0.6 is 0 Å². The van der Waals surface area contributed by atoms with E-state index in [-0.39, 0.29) is 29.7 Å². The van der Waals surface area contributed by atoms with Gasteiger partial charge < -0.3 is 50.0 Å². The van der Waals surface area contributed by atoms with Crippen LogP contribution in [0, 0.1) is 0 Å². The fourth-order valence-corrected chi connectivity index (χ4v) is 6.83. The molecule has 1 fully saturated rings. The Kier molecular flexibility index (Phi) is 7.61. The maximum absolute atomic E-state index is 12.9.